The van der Waals surface area contributed by atoms with Crippen LogP contribution in [0.3, 0.4) is 0 Å². The van der Waals surface area contributed by atoms with Crippen molar-refractivity contribution in [3.63, 3.8) is 0 Å². The van der Waals surface area contributed by atoms with Gasteiger partial charge in [0.05, 0.1) is 13.3 Å². The van der Waals surface area contributed by atoms with Crippen molar-refractivity contribution in [3.05, 3.63) is 41.5 Å². The number of rotatable bonds is 6. The van der Waals surface area contributed by atoms with Gasteiger partial charge in [-0.3, -0.25) is 4.40 Å². The third-order valence-electron chi connectivity index (χ3n) is 2.92. The zero-order chi connectivity index (χ0) is 15.4. The fraction of sp³-hybridized carbons (Fsp3) is 0.214. The Balaban J connectivity index is 1.56. The van der Waals surface area contributed by atoms with E-state index in [0.717, 1.165) is 11.5 Å². The number of methoxy groups -OCH3 is 1. The Morgan fingerprint density at radius 1 is 1.09 bits per heavy atom. The molecule has 0 atom stereocenters. The van der Waals surface area contributed by atoms with Crippen LogP contribution in [0.25, 0.3) is 5.65 Å². The first kappa shape index (κ1) is 14.6. The molecule has 0 spiro atoms. The summed E-state index contributed by atoms with van der Waals surface area (Å²) in [6.45, 7) is 0.778. The fourth-order valence-electron chi connectivity index (χ4n) is 1.85. The summed E-state index contributed by atoms with van der Waals surface area (Å²) >= 11 is 3.32. The van der Waals surface area contributed by atoms with Gasteiger partial charge in [0.1, 0.15) is 31.0 Å². The molecule has 0 amide bonds. The maximum atomic E-state index is 5.64. The van der Waals surface area contributed by atoms with Crippen LogP contribution in [0.4, 0.5) is 0 Å². The lowest BCUT2D eigenvalue weighted by Crippen LogP contribution is -2.10. The average molecular weight is 365 g/mol. The fourth-order valence-corrected chi connectivity index (χ4v) is 2.22. The van der Waals surface area contributed by atoms with Crippen LogP contribution in [-0.2, 0) is 0 Å². The first-order chi connectivity index (χ1) is 10.8. The highest BCUT2D eigenvalue weighted by molar-refractivity contribution is 9.10. The number of hydrogen-bond donors (Lipinski definition) is 0. The Morgan fingerprint density at radius 3 is 2.59 bits per heavy atom. The van der Waals surface area contributed by atoms with Crippen molar-refractivity contribution in [1.82, 2.24) is 19.6 Å². The minimum Gasteiger partial charge on any atom is -0.497 e. The number of ether oxygens (including phenoxy) is 3. The first-order valence-electron chi connectivity index (χ1n) is 6.52. The van der Waals surface area contributed by atoms with Gasteiger partial charge in [-0.2, -0.15) is 0 Å². The van der Waals surface area contributed by atoms with Crippen LogP contribution in [0.5, 0.6) is 17.2 Å². The normalized spacial score (nSPS) is 10.6. The second kappa shape index (κ2) is 6.61. The SMILES string of the molecule is COc1ccc(OCCOc2cnc(Br)n3cnnc23)cc1. The van der Waals surface area contributed by atoms with Gasteiger partial charge in [0, 0.05) is 0 Å². The Morgan fingerprint density at radius 2 is 1.82 bits per heavy atom. The molecule has 0 aliphatic carbocycles. The smallest absolute Gasteiger partial charge is 0.206 e. The van der Waals surface area contributed by atoms with Crippen LogP contribution in [0.2, 0.25) is 0 Å². The number of nitrogens with zero attached hydrogens (tertiary/aromatic N) is 4. The molecule has 0 aliphatic heterocycles. The van der Waals surface area contributed by atoms with Crippen molar-refractivity contribution < 1.29 is 14.2 Å². The number of halogens is 1. The highest BCUT2D eigenvalue weighted by atomic mass is 79.9. The van der Waals surface area contributed by atoms with E-state index in [1.54, 1.807) is 24.0 Å². The van der Waals surface area contributed by atoms with Gasteiger partial charge >= 0.3 is 0 Å². The third-order valence-corrected chi connectivity index (χ3v) is 3.51. The molecule has 0 fully saturated rings. The van der Waals surface area contributed by atoms with Gasteiger partial charge in [0.25, 0.3) is 0 Å². The Hall–Kier alpha value is -2.35. The highest BCUT2D eigenvalue weighted by Crippen LogP contribution is 2.20. The predicted octanol–water partition coefficient (Wildman–Crippen LogP) is 2.35. The number of benzene rings is 1. The van der Waals surface area contributed by atoms with Crippen LogP contribution in [0.15, 0.2) is 41.5 Å². The first-order valence-corrected chi connectivity index (χ1v) is 7.31. The predicted molar refractivity (Wildman–Crippen MR) is 82.5 cm³/mol. The van der Waals surface area contributed by atoms with E-state index in [2.05, 4.69) is 31.1 Å². The molecule has 3 aromatic rings. The Kier molecular flexibility index (Phi) is 4.38. The van der Waals surface area contributed by atoms with Crippen molar-refractivity contribution in [3.8, 4) is 17.2 Å². The molecule has 2 aromatic heterocycles. The zero-order valence-corrected chi connectivity index (χ0v) is 13.4. The van der Waals surface area contributed by atoms with E-state index in [4.69, 9.17) is 14.2 Å². The maximum Gasteiger partial charge on any atom is 0.206 e. The zero-order valence-electron chi connectivity index (χ0n) is 11.8. The summed E-state index contributed by atoms with van der Waals surface area (Å²) in [7, 11) is 1.63. The van der Waals surface area contributed by atoms with Gasteiger partial charge in [-0.25, -0.2) is 4.98 Å². The molecule has 22 heavy (non-hydrogen) atoms. The monoisotopic (exact) mass is 364 g/mol. The molecule has 1 aromatic carbocycles. The topological polar surface area (TPSA) is 70.8 Å². The van der Waals surface area contributed by atoms with Crippen LogP contribution < -0.4 is 14.2 Å². The van der Waals surface area contributed by atoms with Gasteiger partial charge in [0.15, 0.2) is 10.5 Å². The van der Waals surface area contributed by atoms with Gasteiger partial charge in [-0.15, -0.1) is 10.2 Å². The molecule has 0 saturated heterocycles. The van der Waals surface area contributed by atoms with E-state index >= 15 is 0 Å². The molecule has 7 nitrogen and oxygen atoms in total. The van der Waals surface area contributed by atoms with E-state index in [-0.39, 0.29) is 0 Å². The molecule has 0 radical (unpaired) electrons. The molecule has 0 saturated carbocycles. The van der Waals surface area contributed by atoms with Gasteiger partial charge in [-0.05, 0) is 40.2 Å². The van der Waals surface area contributed by atoms with E-state index in [1.807, 2.05) is 24.3 Å². The lowest BCUT2D eigenvalue weighted by molar-refractivity contribution is 0.217. The Labute approximate surface area is 135 Å². The van der Waals surface area contributed by atoms with E-state index < -0.39 is 0 Å². The quantitative estimate of drug-likeness (QED) is 0.493. The maximum absolute atomic E-state index is 5.64. The van der Waals surface area contributed by atoms with Crippen LogP contribution >= 0.6 is 15.9 Å². The molecule has 0 unspecified atom stereocenters. The lowest BCUT2D eigenvalue weighted by Gasteiger charge is -2.09. The molecule has 8 heteroatoms. The molecular weight excluding hydrogens is 352 g/mol. The molecule has 2 heterocycles. The average Bonchev–Trinajstić information content (AvgIpc) is 3.05. The van der Waals surface area contributed by atoms with Crippen molar-refractivity contribution in [2.45, 2.75) is 0 Å². The molecule has 114 valence electrons. The lowest BCUT2D eigenvalue weighted by atomic mass is 10.3. The van der Waals surface area contributed by atoms with Crippen LogP contribution in [0, 0.1) is 0 Å². The summed E-state index contributed by atoms with van der Waals surface area (Å²) in [6, 6.07) is 7.37. The van der Waals surface area contributed by atoms with Crippen LogP contribution in [0.1, 0.15) is 0 Å². The summed E-state index contributed by atoms with van der Waals surface area (Å²) in [6.07, 6.45) is 3.16. The van der Waals surface area contributed by atoms with Crippen molar-refractivity contribution in [1.29, 1.82) is 0 Å². The number of fused-ring (bicyclic) bond motifs is 1. The Bertz CT molecular complexity index is 760. The van der Waals surface area contributed by atoms with E-state index in [9.17, 15) is 0 Å². The van der Waals surface area contributed by atoms with Crippen LogP contribution in [-0.4, -0.2) is 39.9 Å². The van der Waals surface area contributed by atoms with Crippen molar-refractivity contribution >= 4 is 21.6 Å². The molecule has 0 bridgehead atoms. The van der Waals surface area contributed by atoms with Crippen molar-refractivity contribution in [2.75, 3.05) is 20.3 Å². The number of hydrogen-bond acceptors (Lipinski definition) is 6. The summed E-state index contributed by atoms with van der Waals surface area (Å²) in [4.78, 5) is 4.16. The molecule has 3 rings (SSSR count). The number of aromatic nitrogens is 4. The van der Waals surface area contributed by atoms with Gasteiger partial charge < -0.3 is 14.2 Å². The minimum atomic E-state index is 0.373. The largest absolute Gasteiger partial charge is 0.497 e. The highest BCUT2D eigenvalue weighted by Gasteiger charge is 2.08. The molecule has 0 N–H and O–H groups in total. The molecular formula is C14H13BrN4O3. The van der Waals surface area contributed by atoms with Crippen molar-refractivity contribution in [2.24, 2.45) is 0 Å². The second-order valence-electron chi connectivity index (χ2n) is 4.29. The second-order valence-corrected chi connectivity index (χ2v) is 5.00. The summed E-state index contributed by atoms with van der Waals surface area (Å²) < 4.78 is 18.6. The summed E-state index contributed by atoms with van der Waals surface area (Å²) in [5, 5.41) is 7.83. The minimum absolute atomic E-state index is 0.373. The molecule has 0 aliphatic rings. The van der Waals surface area contributed by atoms with E-state index in [0.29, 0.717) is 29.3 Å². The summed E-state index contributed by atoms with van der Waals surface area (Å²) in [5.41, 5.74) is 0.603. The third kappa shape index (κ3) is 3.11. The van der Waals surface area contributed by atoms with E-state index in [1.165, 1.54) is 0 Å². The van der Waals surface area contributed by atoms with Gasteiger partial charge in [-0.1, -0.05) is 0 Å². The summed E-state index contributed by atoms with van der Waals surface area (Å²) in [5.74, 6) is 2.10. The standard InChI is InChI=1S/C14H13BrN4O3/c1-20-10-2-4-11(5-3-10)21-6-7-22-12-8-16-14(15)19-9-17-18-13(12)19/h2-5,8-9H,6-7H2,1H3. The van der Waals surface area contributed by atoms with Gasteiger partial charge in [0.2, 0.25) is 5.65 Å².